The van der Waals surface area contributed by atoms with Gasteiger partial charge in [-0.05, 0) is 31.9 Å². The van der Waals surface area contributed by atoms with E-state index in [0.29, 0.717) is 0 Å². The van der Waals surface area contributed by atoms with Crippen molar-refractivity contribution in [3.05, 3.63) is 29.6 Å². The number of hydrogen-bond acceptors (Lipinski definition) is 2. The Morgan fingerprint density at radius 2 is 2.20 bits per heavy atom. The van der Waals surface area contributed by atoms with Crippen molar-refractivity contribution in [1.29, 1.82) is 0 Å². The number of carbonyl (C=O) groups excluding carboxylic acids is 1. The van der Waals surface area contributed by atoms with E-state index in [1.54, 1.807) is 7.05 Å². The number of aromatic nitrogens is 1. The highest BCUT2D eigenvalue weighted by molar-refractivity contribution is 5.75. The molecule has 0 bridgehead atoms. The van der Waals surface area contributed by atoms with Crippen molar-refractivity contribution in [2.75, 3.05) is 7.05 Å². The van der Waals surface area contributed by atoms with Crippen LogP contribution in [0.1, 0.15) is 24.2 Å². The highest BCUT2D eigenvalue weighted by atomic mass is 16.2. The monoisotopic (exact) mass is 205 g/mol. The van der Waals surface area contributed by atoms with Crippen molar-refractivity contribution in [2.45, 2.75) is 25.3 Å². The average Bonchev–Trinajstić information content (AvgIpc) is 2.99. The fraction of sp³-hybridized carbons (Fsp3) is 0.455. The van der Waals surface area contributed by atoms with Crippen LogP contribution >= 0.6 is 0 Å². The molecule has 2 amide bonds. The predicted molar refractivity (Wildman–Crippen MR) is 57.5 cm³/mol. The molecule has 1 aliphatic rings. The molecule has 0 unspecified atom stereocenters. The summed E-state index contributed by atoms with van der Waals surface area (Å²) in [6.07, 6.45) is 1.94. The zero-order valence-corrected chi connectivity index (χ0v) is 9.00. The third-order valence-corrected chi connectivity index (χ3v) is 2.71. The molecule has 2 rings (SSSR count). The first-order valence-corrected chi connectivity index (χ1v) is 5.10. The quantitative estimate of drug-likeness (QED) is 0.764. The van der Waals surface area contributed by atoms with Crippen LogP contribution in [0.4, 0.5) is 4.79 Å². The second-order valence-electron chi connectivity index (χ2n) is 3.95. The Labute approximate surface area is 89.1 Å². The molecule has 0 atom stereocenters. The van der Waals surface area contributed by atoms with Crippen molar-refractivity contribution in [2.24, 2.45) is 0 Å². The Morgan fingerprint density at radius 3 is 2.73 bits per heavy atom. The maximum absolute atomic E-state index is 11.3. The SMILES string of the molecule is CNC(=O)NC1(c2cccc(C)n2)CC1. The largest absolute Gasteiger partial charge is 0.341 e. The summed E-state index contributed by atoms with van der Waals surface area (Å²) in [5.41, 5.74) is 1.73. The van der Waals surface area contributed by atoms with Crippen LogP contribution in [0.5, 0.6) is 0 Å². The Kier molecular flexibility index (Phi) is 2.34. The first-order valence-electron chi connectivity index (χ1n) is 5.10. The molecule has 1 fully saturated rings. The van der Waals surface area contributed by atoms with Crippen LogP contribution in [0.15, 0.2) is 18.2 Å². The molecule has 4 nitrogen and oxygen atoms in total. The molecule has 0 spiro atoms. The van der Waals surface area contributed by atoms with Gasteiger partial charge in [-0.2, -0.15) is 0 Å². The predicted octanol–water partition coefficient (Wildman–Crippen LogP) is 1.31. The van der Waals surface area contributed by atoms with E-state index in [9.17, 15) is 4.79 Å². The fourth-order valence-corrected chi connectivity index (χ4v) is 1.66. The van der Waals surface area contributed by atoms with Crippen molar-refractivity contribution in [3.63, 3.8) is 0 Å². The summed E-state index contributed by atoms with van der Waals surface area (Å²) in [4.78, 5) is 15.7. The van der Waals surface area contributed by atoms with Crippen molar-refractivity contribution in [3.8, 4) is 0 Å². The van der Waals surface area contributed by atoms with E-state index < -0.39 is 0 Å². The Balaban J connectivity index is 2.19. The van der Waals surface area contributed by atoms with Gasteiger partial charge in [0.15, 0.2) is 0 Å². The van der Waals surface area contributed by atoms with Gasteiger partial charge in [0.1, 0.15) is 0 Å². The maximum Gasteiger partial charge on any atom is 0.315 e. The molecular formula is C11H15N3O. The highest BCUT2D eigenvalue weighted by Crippen LogP contribution is 2.44. The van der Waals surface area contributed by atoms with E-state index in [0.717, 1.165) is 24.2 Å². The highest BCUT2D eigenvalue weighted by Gasteiger charge is 2.46. The summed E-state index contributed by atoms with van der Waals surface area (Å²) in [6, 6.07) is 5.76. The summed E-state index contributed by atoms with van der Waals surface area (Å²) < 4.78 is 0. The van der Waals surface area contributed by atoms with Gasteiger partial charge < -0.3 is 10.6 Å². The van der Waals surface area contributed by atoms with E-state index in [4.69, 9.17) is 0 Å². The molecule has 0 saturated heterocycles. The number of hydrogen-bond donors (Lipinski definition) is 2. The molecule has 1 aromatic heterocycles. The van der Waals surface area contributed by atoms with Crippen molar-refractivity contribution >= 4 is 6.03 Å². The van der Waals surface area contributed by atoms with Crippen LogP contribution in [0, 0.1) is 6.92 Å². The van der Waals surface area contributed by atoms with Crippen LogP contribution in [0.2, 0.25) is 0 Å². The van der Waals surface area contributed by atoms with E-state index in [-0.39, 0.29) is 11.6 Å². The molecule has 2 N–H and O–H groups in total. The minimum Gasteiger partial charge on any atom is -0.341 e. The second kappa shape index (κ2) is 3.53. The van der Waals surface area contributed by atoms with Gasteiger partial charge >= 0.3 is 6.03 Å². The topological polar surface area (TPSA) is 54.0 Å². The first kappa shape index (κ1) is 9.96. The number of nitrogens with one attached hydrogen (secondary N) is 2. The van der Waals surface area contributed by atoms with Gasteiger partial charge in [-0.15, -0.1) is 0 Å². The molecule has 4 heteroatoms. The van der Waals surface area contributed by atoms with Crippen LogP contribution in [-0.4, -0.2) is 18.1 Å². The number of rotatable bonds is 2. The molecular weight excluding hydrogens is 190 g/mol. The third kappa shape index (κ3) is 1.93. The number of amides is 2. The minimum absolute atomic E-state index is 0.143. The lowest BCUT2D eigenvalue weighted by molar-refractivity contribution is 0.237. The molecule has 15 heavy (non-hydrogen) atoms. The number of nitrogens with zero attached hydrogens (tertiary/aromatic N) is 1. The number of aryl methyl sites for hydroxylation is 1. The molecule has 1 heterocycles. The van der Waals surface area contributed by atoms with E-state index >= 15 is 0 Å². The minimum atomic E-state index is -0.216. The molecule has 80 valence electrons. The number of urea groups is 1. The second-order valence-corrected chi connectivity index (χ2v) is 3.95. The standard InChI is InChI=1S/C11H15N3O/c1-8-4-3-5-9(13-8)11(6-7-11)14-10(15)12-2/h3-5H,6-7H2,1-2H3,(H2,12,14,15). The molecule has 0 aromatic carbocycles. The van der Waals surface area contributed by atoms with Gasteiger partial charge in [-0.3, -0.25) is 4.98 Å². The number of carbonyl (C=O) groups is 1. The third-order valence-electron chi connectivity index (χ3n) is 2.71. The van der Waals surface area contributed by atoms with Gasteiger partial charge in [-0.1, -0.05) is 6.07 Å². The van der Waals surface area contributed by atoms with Gasteiger partial charge in [-0.25, -0.2) is 4.79 Å². The summed E-state index contributed by atoms with van der Waals surface area (Å²) >= 11 is 0. The van der Waals surface area contributed by atoms with Crippen LogP contribution in [0.25, 0.3) is 0 Å². The van der Waals surface area contributed by atoms with E-state index in [1.165, 1.54) is 0 Å². The van der Waals surface area contributed by atoms with Crippen LogP contribution < -0.4 is 10.6 Å². The summed E-state index contributed by atoms with van der Waals surface area (Å²) in [6.45, 7) is 1.96. The van der Waals surface area contributed by atoms with E-state index in [1.807, 2.05) is 25.1 Å². The van der Waals surface area contributed by atoms with Crippen LogP contribution in [0.3, 0.4) is 0 Å². The lowest BCUT2D eigenvalue weighted by atomic mass is 10.1. The fourth-order valence-electron chi connectivity index (χ4n) is 1.66. The maximum atomic E-state index is 11.3. The summed E-state index contributed by atoms with van der Waals surface area (Å²) in [5, 5.41) is 5.52. The smallest absolute Gasteiger partial charge is 0.315 e. The molecule has 0 radical (unpaired) electrons. The zero-order chi connectivity index (χ0) is 10.9. The van der Waals surface area contributed by atoms with Gasteiger partial charge in [0.2, 0.25) is 0 Å². The lowest BCUT2D eigenvalue weighted by Crippen LogP contribution is -2.41. The van der Waals surface area contributed by atoms with Gasteiger partial charge in [0, 0.05) is 12.7 Å². The Hall–Kier alpha value is -1.58. The molecule has 0 aliphatic heterocycles. The summed E-state index contributed by atoms with van der Waals surface area (Å²) in [7, 11) is 1.62. The molecule has 1 saturated carbocycles. The lowest BCUT2D eigenvalue weighted by Gasteiger charge is -2.16. The molecule has 1 aliphatic carbocycles. The summed E-state index contributed by atoms with van der Waals surface area (Å²) in [5.74, 6) is 0. The van der Waals surface area contributed by atoms with Crippen molar-refractivity contribution in [1.82, 2.24) is 15.6 Å². The first-order chi connectivity index (χ1) is 7.16. The normalized spacial score (nSPS) is 16.9. The van der Waals surface area contributed by atoms with Gasteiger partial charge in [0.25, 0.3) is 0 Å². The van der Waals surface area contributed by atoms with Crippen molar-refractivity contribution < 1.29 is 4.79 Å². The number of pyridine rings is 1. The van der Waals surface area contributed by atoms with E-state index in [2.05, 4.69) is 15.6 Å². The zero-order valence-electron chi connectivity index (χ0n) is 9.00. The Bertz CT molecular complexity index is 385. The molecule has 1 aromatic rings. The Morgan fingerprint density at radius 1 is 1.47 bits per heavy atom. The van der Waals surface area contributed by atoms with Crippen LogP contribution in [-0.2, 0) is 5.54 Å². The average molecular weight is 205 g/mol. The van der Waals surface area contributed by atoms with Gasteiger partial charge in [0.05, 0.1) is 11.2 Å².